The zero-order valence-corrected chi connectivity index (χ0v) is 43.5. The molecule has 6 heteroatoms. The van der Waals surface area contributed by atoms with E-state index in [4.69, 9.17) is 14.2 Å². The molecule has 0 fully saturated rings. The van der Waals surface area contributed by atoms with Gasteiger partial charge in [0.2, 0.25) is 0 Å². The van der Waals surface area contributed by atoms with Gasteiger partial charge in [0.05, 0.1) is 0 Å². The molecule has 6 nitrogen and oxygen atoms in total. The van der Waals surface area contributed by atoms with Crippen LogP contribution < -0.4 is 0 Å². The van der Waals surface area contributed by atoms with Gasteiger partial charge >= 0.3 is 17.9 Å². The van der Waals surface area contributed by atoms with Gasteiger partial charge < -0.3 is 14.2 Å². The van der Waals surface area contributed by atoms with Crippen LogP contribution in [-0.2, 0) is 28.6 Å². The quantitative estimate of drug-likeness (QED) is 0.0199. The molecule has 0 bridgehead atoms. The topological polar surface area (TPSA) is 78.9 Å². The molecule has 0 aliphatic heterocycles. The molecule has 0 heterocycles. The highest BCUT2D eigenvalue weighted by molar-refractivity contribution is 5.71. The second-order valence-electron chi connectivity index (χ2n) is 16.7. The van der Waals surface area contributed by atoms with Crippen molar-refractivity contribution in [3.63, 3.8) is 0 Å². The summed E-state index contributed by atoms with van der Waals surface area (Å²) in [7, 11) is 0. The van der Waals surface area contributed by atoms with E-state index >= 15 is 0 Å². The maximum Gasteiger partial charge on any atom is 0.306 e. The number of carbonyl (C=O) groups is 3. The van der Waals surface area contributed by atoms with Gasteiger partial charge in [-0.05, 0) is 128 Å². The summed E-state index contributed by atoms with van der Waals surface area (Å²) in [5.41, 5.74) is 0. The molecule has 1 atom stereocenters. The fourth-order valence-corrected chi connectivity index (χ4v) is 6.39. The van der Waals surface area contributed by atoms with E-state index in [-0.39, 0.29) is 44.0 Å². The Balaban J connectivity index is 4.60. The minimum absolute atomic E-state index is 0.131. The molecule has 0 aliphatic carbocycles. The first-order chi connectivity index (χ1) is 34.0. The number of esters is 3. The number of carbonyl (C=O) groups excluding carboxylic acids is 3. The van der Waals surface area contributed by atoms with Crippen LogP contribution in [0.1, 0.15) is 188 Å². The SMILES string of the molecule is CC\C=C/C=C\C=C/C=C\CCCCCC(=O)OCC(COC(=O)CCCCC/C=C\C/C=C\C/C=C\C/C=C\C/C=C\CC)OC(=O)CCCCC/C=C\C/C=C\C/C=C\C/C=C\C/C=C\CC. The summed E-state index contributed by atoms with van der Waals surface area (Å²) in [5.74, 6) is -1.05. The maximum absolute atomic E-state index is 12.8. The number of ether oxygens (including phenoxy) is 3. The Morgan fingerprint density at radius 2 is 0.594 bits per heavy atom. The van der Waals surface area contributed by atoms with Crippen molar-refractivity contribution in [3.8, 4) is 0 Å². The lowest BCUT2D eigenvalue weighted by Crippen LogP contribution is -2.30. The molecule has 0 aromatic heterocycles. The number of unbranched alkanes of at least 4 members (excludes halogenated alkanes) is 9. The van der Waals surface area contributed by atoms with Crippen LogP contribution >= 0.6 is 0 Å². The monoisotopic (exact) mass is 947 g/mol. The van der Waals surface area contributed by atoms with E-state index in [0.29, 0.717) is 12.8 Å². The van der Waals surface area contributed by atoms with E-state index < -0.39 is 6.10 Å². The molecule has 0 aromatic carbocycles. The van der Waals surface area contributed by atoms with Crippen LogP contribution in [0.2, 0.25) is 0 Å². The maximum atomic E-state index is 12.8. The fourth-order valence-electron chi connectivity index (χ4n) is 6.39. The summed E-state index contributed by atoms with van der Waals surface area (Å²) in [6.07, 6.45) is 82.0. The van der Waals surface area contributed by atoms with Gasteiger partial charge in [0.15, 0.2) is 6.10 Å². The largest absolute Gasteiger partial charge is 0.462 e. The molecule has 69 heavy (non-hydrogen) atoms. The van der Waals surface area contributed by atoms with Gasteiger partial charge in [0.1, 0.15) is 13.2 Å². The lowest BCUT2D eigenvalue weighted by atomic mass is 10.1. The Bertz CT molecular complexity index is 1650. The third-order valence-electron chi connectivity index (χ3n) is 10.3. The second-order valence-corrected chi connectivity index (χ2v) is 16.7. The summed E-state index contributed by atoms with van der Waals surface area (Å²) in [6, 6.07) is 0. The standard InChI is InChI=1S/C63H94O6/c1-4-7-10-13-16-19-22-25-27-29-31-33-35-38-41-44-47-50-53-56-62(65)68-59-60(58-67-61(64)55-52-49-46-43-40-37-24-21-18-15-12-9-6-3)69-63(66)57-54-51-48-45-42-39-36-34-32-30-28-26-23-20-17-14-11-8-5-2/h7-12,15-21,24-28,31-34,37-42,60H,4-6,13-14,22-23,29-30,35-36,43-59H2,1-3H3/b10-7-,11-8-,12-9-,18-15-,19-16-,20-17-,24-21-,27-25-,28-26-,33-31-,34-32-,40-37-,41-38-,42-39-. The molecule has 0 aromatic rings. The summed E-state index contributed by atoms with van der Waals surface area (Å²) in [6.45, 7) is 6.15. The smallest absolute Gasteiger partial charge is 0.306 e. The normalized spacial score (nSPS) is 13.5. The zero-order chi connectivity index (χ0) is 50.0. The first-order valence-corrected chi connectivity index (χ1v) is 26.7. The Kier molecular flexibility index (Phi) is 51.2. The molecule has 0 spiro atoms. The molecular formula is C63H94O6. The van der Waals surface area contributed by atoms with Crippen molar-refractivity contribution in [2.45, 2.75) is 194 Å². The predicted octanol–water partition coefficient (Wildman–Crippen LogP) is 18.0. The van der Waals surface area contributed by atoms with Crippen LogP contribution in [0.25, 0.3) is 0 Å². The average Bonchev–Trinajstić information content (AvgIpc) is 3.35. The summed E-state index contributed by atoms with van der Waals surface area (Å²) in [4.78, 5) is 38.1. The van der Waals surface area contributed by atoms with E-state index in [0.717, 1.165) is 141 Å². The van der Waals surface area contributed by atoms with Crippen molar-refractivity contribution in [3.05, 3.63) is 170 Å². The van der Waals surface area contributed by atoms with Crippen LogP contribution in [0.4, 0.5) is 0 Å². The van der Waals surface area contributed by atoms with Crippen molar-refractivity contribution >= 4 is 17.9 Å². The average molecular weight is 947 g/mol. The van der Waals surface area contributed by atoms with E-state index in [1.54, 1.807) is 0 Å². The number of hydrogen-bond donors (Lipinski definition) is 0. The van der Waals surface area contributed by atoms with Gasteiger partial charge in [0.25, 0.3) is 0 Å². The summed E-state index contributed by atoms with van der Waals surface area (Å²) < 4.78 is 16.7. The Morgan fingerprint density at radius 3 is 0.957 bits per heavy atom. The molecule has 0 saturated carbocycles. The minimum Gasteiger partial charge on any atom is -0.462 e. The minimum atomic E-state index is -0.835. The second kappa shape index (κ2) is 55.4. The van der Waals surface area contributed by atoms with Crippen LogP contribution in [0.5, 0.6) is 0 Å². The van der Waals surface area contributed by atoms with E-state index in [2.05, 4.69) is 154 Å². The van der Waals surface area contributed by atoms with Gasteiger partial charge in [-0.1, -0.05) is 210 Å². The fraction of sp³-hybridized carbons (Fsp3) is 0.508. The highest BCUT2D eigenvalue weighted by Gasteiger charge is 2.19. The van der Waals surface area contributed by atoms with E-state index in [1.165, 1.54) is 0 Å². The Morgan fingerprint density at radius 1 is 0.304 bits per heavy atom. The highest BCUT2D eigenvalue weighted by atomic mass is 16.6. The van der Waals surface area contributed by atoms with Crippen molar-refractivity contribution in [1.82, 2.24) is 0 Å². The van der Waals surface area contributed by atoms with Crippen LogP contribution in [0.3, 0.4) is 0 Å². The van der Waals surface area contributed by atoms with Gasteiger partial charge in [-0.15, -0.1) is 0 Å². The molecule has 0 rings (SSSR count). The number of rotatable bonds is 45. The van der Waals surface area contributed by atoms with Crippen LogP contribution in [0.15, 0.2) is 170 Å². The van der Waals surface area contributed by atoms with E-state index in [9.17, 15) is 14.4 Å². The van der Waals surface area contributed by atoms with Gasteiger partial charge in [0, 0.05) is 19.3 Å². The molecule has 0 amide bonds. The van der Waals surface area contributed by atoms with Crippen LogP contribution in [-0.4, -0.2) is 37.2 Å². The summed E-state index contributed by atoms with van der Waals surface area (Å²) in [5, 5.41) is 0. The third-order valence-corrected chi connectivity index (χ3v) is 10.3. The zero-order valence-electron chi connectivity index (χ0n) is 43.5. The lowest BCUT2D eigenvalue weighted by Gasteiger charge is -2.18. The molecule has 0 saturated heterocycles. The van der Waals surface area contributed by atoms with Gasteiger partial charge in [-0.3, -0.25) is 14.4 Å². The molecule has 0 aliphatic rings. The first kappa shape index (κ1) is 63.8. The molecule has 0 N–H and O–H groups in total. The van der Waals surface area contributed by atoms with E-state index in [1.807, 2.05) is 36.5 Å². The van der Waals surface area contributed by atoms with Gasteiger partial charge in [-0.25, -0.2) is 0 Å². The molecular weight excluding hydrogens is 853 g/mol. The molecule has 382 valence electrons. The summed E-state index contributed by atoms with van der Waals surface area (Å²) >= 11 is 0. The van der Waals surface area contributed by atoms with Gasteiger partial charge in [-0.2, -0.15) is 0 Å². The van der Waals surface area contributed by atoms with Crippen molar-refractivity contribution in [2.24, 2.45) is 0 Å². The van der Waals surface area contributed by atoms with Crippen molar-refractivity contribution in [2.75, 3.05) is 13.2 Å². The number of allylic oxidation sites excluding steroid dienone is 28. The molecule has 1 unspecified atom stereocenters. The number of hydrogen-bond acceptors (Lipinski definition) is 6. The Hall–Kier alpha value is -5.23. The van der Waals surface area contributed by atoms with Crippen LogP contribution in [0, 0.1) is 0 Å². The predicted molar refractivity (Wildman–Crippen MR) is 297 cm³/mol. The molecule has 0 radical (unpaired) electrons. The van der Waals surface area contributed by atoms with Crippen molar-refractivity contribution < 1.29 is 28.6 Å². The highest BCUT2D eigenvalue weighted by Crippen LogP contribution is 2.11. The third kappa shape index (κ3) is 53.6. The lowest BCUT2D eigenvalue weighted by molar-refractivity contribution is -0.167. The van der Waals surface area contributed by atoms with Crippen molar-refractivity contribution in [1.29, 1.82) is 0 Å². The first-order valence-electron chi connectivity index (χ1n) is 26.7. The Labute approximate surface area is 422 Å².